The minimum Gasteiger partial charge on any atom is -0.449 e. The fourth-order valence-electron chi connectivity index (χ4n) is 2.82. The van der Waals surface area contributed by atoms with Crippen LogP contribution in [0.2, 0.25) is 0 Å². The van der Waals surface area contributed by atoms with Gasteiger partial charge in [-0.25, -0.2) is 9.78 Å². The summed E-state index contributed by atoms with van der Waals surface area (Å²) in [5.41, 5.74) is 5.30. The van der Waals surface area contributed by atoms with E-state index in [1.54, 1.807) is 13.0 Å². The van der Waals surface area contributed by atoms with Crippen molar-refractivity contribution in [3.63, 3.8) is 0 Å². The lowest BCUT2D eigenvalue weighted by molar-refractivity contribution is -0.123. The average molecular weight is 409 g/mol. The van der Waals surface area contributed by atoms with Gasteiger partial charge in [0.2, 0.25) is 0 Å². The molecule has 6 heteroatoms. The number of carbonyl (C=O) groups is 2. The van der Waals surface area contributed by atoms with E-state index in [1.165, 1.54) is 16.9 Å². The number of rotatable bonds is 6. The highest BCUT2D eigenvalue weighted by atomic mass is 32.1. The van der Waals surface area contributed by atoms with Gasteiger partial charge in [0, 0.05) is 10.9 Å². The fourth-order valence-corrected chi connectivity index (χ4v) is 3.54. The summed E-state index contributed by atoms with van der Waals surface area (Å²) in [5.74, 6) is -0.921. The number of aromatic nitrogens is 1. The quantitative estimate of drug-likeness (QED) is 0.571. The Balaban J connectivity index is 1.63. The number of aryl methyl sites for hydroxylation is 3. The Morgan fingerprint density at radius 1 is 1.14 bits per heavy atom. The number of thiazole rings is 1. The number of anilines is 1. The summed E-state index contributed by atoms with van der Waals surface area (Å²) < 4.78 is 5.35. The molecule has 5 nitrogen and oxygen atoms in total. The lowest BCUT2D eigenvalue weighted by Crippen LogP contribution is -2.30. The highest BCUT2D eigenvalue weighted by molar-refractivity contribution is 7.14. The first-order valence-electron chi connectivity index (χ1n) is 9.51. The van der Waals surface area contributed by atoms with Crippen molar-refractivity contribution in [2.24, 2.45) is 0 Å². The zero-order valence-electron chi connectivity index (χ0n) is 17.0. The van der Waals surface area contributed by atoms with E-state index in [9.17, 15) is 9.59 Å². The normalized spacial score (nSPS) is 11.7. The molecule has 0 saturated carbocycles. The Kier molecular flexibility index (Phi) is 6.44. The van der Waals surface area contributed by atoms with Gasteiger partial charge in [-0.2, -0.15) is 0 Å². The van der Waals surface area contributed by atoms with Crippen molar-refractivity contribution in [2.75, 3.05) is 5.32 Å². The second-order valence-electron chi connectivity index (χ2n) is 6.94. The molecule has 0 unspecified atom stereocenters. The van der Waals surface area contributed by atoms with Gasteiger partial charge in [0.15, 0.2) is 11.2 Å². The maximum absolute atomic E-state index is 12.4. The van der Waals surface area contributed by atoms with Gasteiger partial charge in [-0.3, -0.25) is 10.1 Å². The average Bonchev–Trinajstić information content (AvgIpc) is 3.18. The lowest BCUT2D eigenvalue weighted by Gasteiger charge is -2.13. The Morgan fingerprint density at radius 2 is 1.86 bits per heavy atom. The van der Waals surface area contributed by atoms with Crippen molar-refractivity contribution in [2.45, 2.75) is 40.2 Å². The van der Waals surface area contributed by atoms with Crippen LogP contribution in [0.5, 0.6) is 0 Å². The number of nitrogens with zero attached hydrogens (tertiary/aromatic N) is 1. The predicted octanol–water partition coefficient (Wildman–Crippen LogP) is 5.17. The minimum absolute atomic E-state index is 0.411. The Bertz CT molecular complexity index is 1020. The smallest absolute Gasteiger partial charge is 0.339 e. The molecule has 1 N–H and O–H groups in total. The van der Waals surface area contributed by atoms with Crippen molar-refractivity contribution < 1.29 is 14.3 Å². The topological polar surface area (TPSA) is 68.3 Å². The third-order valence-electron chi connectivity index (χ3n) is 4.66. The highest BCUT2D eigenvalue weighted by Gasteiger charge is 2.21. The van der Waals surface area contributed by atoms with E-state index >= 15 is 0 Å². The summed E-state index contributed by atoms with van der Waals surface area (Å²) in [7, 11) is 0. The molecule has 1 aromatic heterocycles. The van der Waals surface area contributed by atoms with Crippen LogP contribution in [0, 0.1) is 13.8 Å². The summed E-state index contributed by atoms with van der Waals surface area (Å²) in [4.78, 5) is 29.3. The molecule has 0 saturated heterocycles. The van der Waals surface area contributed by atoms with Crippen molar-refractivity contribution >= 4 is 28.3 Å². The van der Waals surface area contributed by atoms with Crippen molar-refractivity contribution in [1.82, 2.24) is 4.98 Å². The molecule has 2 aromatic carbocycles. The van der Waals surface area contributed by atoms with Crippen molar-refractivity contribution in [3.8, 4) is 11.3 Å². The number of esters is 1. The van der Waals surface area contributed by atoms with Gasteiger partial charge in [-0.1, -0.05) is 48.9 Å². The molecule has 0 radical (unpaired) electrons. The summed E-state index contributed by atoms with van der Waals surface area (Å²) in [5, 5.41) is 5.09. The zero-order valence-corrected chi connectivity index (χ0v) is 17.8. The molecule has 0 fully saturated rings. The standard InChI is InChI=1S/C23H24N2O3S/c1-5-17-8-10-18(11-9-17)20-13-29-23(24-20)25-21(26)16(4)28-22(27)19-12-14(2)6-7-15(19)3/h6-13,16H,5H2,1-4H3,(H,24,25,26)/t16-/m1/s1. The molecule has 150 valence electrons. The lowest BCUT2D eigenvalue weighted by atomic mass is 10.1. The first kappa shape index (κ1) is 20.7. The first-order chi connectivity index (χ1) is 13.9. The van der Waals surface area contributed by atoms with E-state index in [0.29, 0.717) is 10.7 Å². The Labute approximate surface area is 174 Å². The molecule has 3 rings (SSSR count). The number of nitrogens with one attached hydrogen (secondary N) is 1. The van der Waals surface area contributed by atoms with Crippen molar-refractivity contribution in [1.29, 1.82) is 0 Å². The number of hydrogen-bond donors (Lipinski definition) is 1. The van der Waals surface area contributed by atoms with E-state index in [-0.39, 0.29) is 0 Å². The van der Waals surface area contributed by atoms with Crippen LogP contribution < -0.4 is 5.32 Å². The second-order valence-corrected chi connectivity index (χ2v) is 7.80. The highest BCUT2D eigenvalue weighted by Crippen LogP contribution is 2.25. The van der Waals surface area contributed by atoms with Crippen LogP contribution in [0.15, 0.2) is 47.8 Å². The van der Waals surface area contributed by atoms with Crippen molar-refractivity contribution in [3.05, 3.63) is 70.1 Å². The number of carbonyl (C=O) groups excluding carboxylic acids is 2. The largest absolute Gasteiger partial charge is 0.449 e. The van der Waals surface area contributed by atoms with Crippen LogP contribution in [-0.2, 0) is 16.0 Å². The Hall–Kier alpha value is -2.99. The van der Waals surface area contributed by atoms with Crippen LogP contribution >= 0.6 is 11.3 Å². The summed E-state index contributed by atoms with van der Waals surface area (Å²) in [6, 6.07) is 13.7. The summed E-state index contributed by atoms with van der Waals surface area (Å²) in [6.07, 6.45) is 0.0516. The molecule has 0 bridgehead atoms. The summed E-state index contributed by atoms with van der Waals surface area (Å²) >= 11 is 1.34. The van der Waals surface area contributed by atoms with E-state index in [4.69, 9.17) is 4.74 Å². The first-order valence-corrected chi connectivity index (χ1v) is 10.4. The van der Waals surface area contributed by atoms with E-state index in [1.807, 2.05) is 43.5 Å². The Morgan fingerprint density at radius 3 is 2.55 bits per heavy atom. The molecule has 0 spiro atoms. The molecule has 1 atom stereocenters. The molecular formula is C23H24N2O3S. The maximum Gasteiger partial charge on any atom is 0.339 e. The van der Waals surface area contributed by atoms with Gasteiger partial charge in [-0.15, -0.1) is 11.3 Å². The van der Waals surface area contributed by atoms with Crippen LogP contribution in [0.1, 0.15) is 40.9 Å². The summed E-state index contributed by atoms with van der Waals surface area (Å²) in [6.45, 7) is 7.41. The maximum atomic E-state index is 12.4. The van der Waals surface area contributed by atoms with Crippen LogP contribution in [0.25, 0.3) is 11.3 Å². The van der Waals surface area contributed by atoms with Crippen LogP contribution in [0.4, 0.5) is 5.13 Å². The monoisotopic (exact) mass is 408 g/mol. The van der Waals surface area contributed by atoms with Gasteiger partial charge in [0.05, 0.1) is 11.3 Å². The fraction of sp³-hybridized carbons (Fsp3) is 0.261. The molecule has 0 aliphatic carbocycles. The zero-order chi connectivity index (χ0) is 21.0. The number of benzene rings is 2. The molecule has 0 aliphatic rings. The molecule has 29 heavy (non-hydrogen) atoms. The molecule has 3 aromatic rings. The number of hydrogen-bond acceptors (Lipinski definition) is 5. The third kappa shape index (κ3) is 5.09. The molecule has 0 aliphatic heterocycles. The minimum atomic E-state index is -0.932. The van der Waals surface area contributed by atoms with E-state index in [0.717, 1.165) is 28.8 Å². The van der Waals surface area contributed by atoms with E-state index < -0.39 is 18.0 Å². The third-order valence-corrected chi connectivity index (χ3v) is 5.42. The van der Waals surface area contributed by atoms with E-state index in [2.05, 4.69) is 29.4 Å². The number of ether oxygens (including phenoxy) is 1. The SMILES string of the molecule is CCc1ccc(-c2csc(NC(=O)[C@@H](C)OC(=O)c3cc(C)ccc3C)n2)cc1. The van der Waals surface area contributed by atoms with Crippen LogP contribution in [-0.4, -0.2) is 23.0 Å². The second kappa shape index (κ2) is 9.01. The van der Waals surface area contributed by atoms with Gasteiger partial charge in [0.25, 0.3) is 5.91 Å². The molecule has 1 amide bonds. The van der Waals surface area contributed by atoms with Gasteiger partial charge < -0.3 is 4.74 Å². The molecular weight excluding hydrogens is 384 g/mol. The number of amides is 1. The van der Waals surface area contributed by atoms with Gasteiger partial charge >= 0.3 is 5.97 Å². The molecule has 1 heterocycles. The van der Waals surface area contributed by atoms with Gasteiger partial charge in [0.1, 0.15) is 0 Å². The van der Waals surface area contributed by atoms with Gasteiger partial charge in [-0.05, 0) is 44.4 Å². The van der Waals surface area contributed by atoms with Crippen LogP contribution in [0.3, 0.4) is 0 Å². The predicted molar refractivity (Wildman–Crippen MR) is 116 cm³/mol.